The van der Waals surface area contributed by atoms with Crippen molar-refractivity contribution in [2.24, 2.45) is 0 Å². The molecule has 33 heavy (non-hydrogen) atoms. The number of carbonyl (C=O) groups excluding carboxylic acids is 1. The molecule has 0 bridgehead atoms. The molecule has 168 valence electrons. The highest BCUT2D eigenvalue weighted by Gasteiger charge is 2.14. The summed E-state index contributed by atoms with van der Waals surface area (Å²) in [7, 11) is 0. The number of nitro groups is 1. The van der Waals surface area contributed by atoms with Crippen LogP contribution in [0.2, 0.25) is 0 Å². The second kappa shape index (κ2) is 9.71. The lowest BCUT2D eigenvalue weighted by atomic mass is 10.1. The van der Waals surface area contributed by atoms with E-state index in [1.807, 2.05) is 31.2 Å². The van der Waals surface area contributed by atoms with Gasteiger partial charge in [-0.3, -0.25) is 14.9 Å². The summed E-state index contributed by atoms with van der Waals surface area (Å²) in [6.45, 7) is 1.88. The van der Waals surface area contributed by atoms with E-state index < -0.39 is 10.8 Å². The van der Waals surface area contributed by atoms with E-state index in [1.54, 1.807) is 17.5 Å². The topological polar surface area (TPSA) is 125 Å². The molecule has 0 fully saturated rings. The molecule has 0 unspecified atom stereocenters. The van der Waals surface area contributed by atoms with Gasteiger partial charge in [0.1, 0.15) is 12.3 Å². The maximum atomic E-state index is 12.4. The third-order valence-electron chi connectivity index (χ3n) is 4.43. The minimum atomic E-state index is -0.472. The average molecular weight is 484 g/mol. The van der Waals surface area contributed by atoms with E-state index in [2.05, 4.69) is 15.4 Å². The highest BCUT2D eigenvalue weighted by Crippen LogP contribution is 2.27. The number of anilines is 1. The third kappa shape index (κ3) is 5.67. The number of carbonyl (C=O) groups is 1. The number of rotatable bonds is 8. The van der Waals surface area contributed by atoms with Gasteiger partial charge >= 0.3 is 0 Å². The second-order valence-electron chi connectivity index (χ2n) is 6.91. The lowest BCUT2D eigenvalue weighted by molar-refractivity contribution is -0.384. The number of nitrogens with one attached hydrogen (secondary N) is 1. The number of hydrogen-bond acceptors (Lipinski definition) is 9. The fourth-order valence-electron chi connectivity index (χ4n) is 2.82. The van der Waals surface area contributed by atoms with Crippen LogP contribution in [0.15, 0.2) is 58.3 Å². The Labute approximate surface area is 196 Å². The molecule has 0 aliphatic heterocycles. The maximum absolute atomic E-state index is 12.4. The molecule has 0 spiro atoms. The van der Waals surface area contributed by atoms with Crippen molar-refractivity contribution in [2.75, 3.05) is 5.32 Å². The van der Waals surface area contributed by atoms with Crippen LogP contribution >= 0.6 is 23.6 Å². The van der Waals surface area contributed by atoms with Crippen LogP contribution in [0.1, 0.15) is 11.5 Å². The van der Waals surface area contributed by atoms with Crippen LogP contribution in [0.4, 0.5) is 10.8 Å². The quantitative estimate of drug-likeness (QED) is 0.216. The predicted molar refractivity (Wildman–Crippen MR) is 124 cm³/mol. The standard InChI is InChI=1S/C21H17N5O5S2/c1-13-5-7-16(8-6-13)30-11-19-24-25(21(32)31-19)10-18(27)23-20-22-17(12-33-20)14-3-2-4-15(9-14)26(28)29/h2-9,12H,10-11H2,1H3,(H,22,23,27). The van der Waals surface area contributed by atoms with E-state index >= 15 is 0 Å². The molecule has 2 aromatic heterocycles. The molecule has 0 saturated heterocycles. The van der Waals surface area contributed by atoms with Crippen molar-refractivity contribution >= 4 is 40.3 Å². The SMILES string of the molecule is Cc1ccc(OCc2nn(CC(=O)Nc3nc(-c4cccc([N+](=O)[O-])c4)cs3)c(=S)o2)cc1. The molecule has 10 nitrogen and oxygen atoms in total. The summed E-state index contributed by atoms with van der Waals surface area (Å²) >= 11 is 6.34. The highest BCUT2D eigenvalue weighted by atomic mass is 32.1. The molecule has 1 amide bonds. The van der Waals surface area contributed by atoms with Crippen LogP contribution in [0.3, 0.4) is 0 Å². The number of benzene rings is 2. The van der Waals surface area contributed by atoms with Gasteiger partial charge in [-0.1, -0.05) is 29.8 Å². The first-order valence-electron chi connectivity index (χ1n) is 9.64. The number of non-ortho nitro benzene ring substituents is 1. The van der Waals surface area contributed by atoms with Crippen LogP contribution < -0.4 is 10.1 Å². The molecule has 0 aliphatic rings. The van der Waals surface area contributed by atoms with Gasteiger partial charge in [-0.15, -0.1) is 16.4 Å². The molecular weight excluding hydrogens is 466 g/mol. The number of aromatic nitrogens is 3. The van der Waals surface area contributed by atoms with Crippen molar-refractivity contribution in [3.8, 4) is 17.0 Å². The Morgan fingerprint density at radius 1 is 1.30 bits per heavy atom. The molecule has 0 radical (unpaired) electrons. The summed E-state index contributed by atoms with van der Waals surface area (Å²) in [5, 5.41) is 19.9. The fraction of sp³-hybridized carbons (Fsp3) is 0.143. The minimum absolute atomic E-state index is 0.0337. The van der Waals surface area contributed by atoms with E-state index in [0.29, 0.717) is 22.1 Å². The zero-order valence-corrected chi connectivity index (χ0v) is 18.9. The monoisotopic (exact) mass is 483 g/mol. The predicted octanol–water partition coefficient (Wildman–Crippen LogP) is 4.76. The molecule has 0 atom stereocenters. The van der Waals surface area contributed by atoms with Crippen molar-refractivity contribution in [2.45, 2.75) is 20.1 Å². The summed E-state index contributed by atoms with van der Waals surface area (Å²) in [6, 6.07) is 13.7. The maximum Gasteiger partial charge on any atom is 0.287 e. The molecule has 12 heteroatoms. The number of hydrogen-bond donors (Lipinski definition) is 1. The van der Waals surface area contributed by atoms with Crippen LogP contribution in [-0.4, -0.2) is 25.6 Å². The van der Waals surface area contributed by atoms with Gasteiger partial charge in [0.25, 0.3) is 16.4 Å². The van der Waals surface area contributed by atoms with Gasteiger partial charge in [0.15, 0.2) is 11.7 Å². The van der Waals surface area contributed by atoms with Crippen molar-refractivity contribution in [1.29, 1.82) is 0 Å². The number of thiazole rings is 1. The van der Waals surface area contributed by atoms with Crippen molar-refractivity contribution in [3.63, 3.8) is 0 Å². The van der Waals surface area contributed by atoms with Gasteiger partial charge in [0.2, 0.25) is 5.91 Å². The van der Waals surface area contributed by atoms with Crippen molar-refractivity contribution < 1.29 is 18.9 Å². The normalized spacial score (nSPS) is 10.7. The fourth-order valence-corrected chi connectivity index (χ4v) is 3.76. The Kier molecular flexibility index (Phi) is 6.56. The first-order chi connectivity index (χ1) is 15.9. The summed E-state index contributed by atoms with van der Waals surface area (Å²) in [5.41, 5.74) is 2.19. The number of aryl methyl sites for hydroxylation is 1. The van der Waals surface area contributed by atoms with Crippen LogP contribution in [0.5, 0.6) is 5.75 Å². The van der Waals surface area contributed by atoms with E-state index in [1.165, 1.54) is 28.2 Å². The number of nitro benzene ring substituents is 1. The van der Waals surface area contributed by atoms with Crippen molar-refractivity contribution in [3.05, 3.63) is 80.3 Å². The molecule has 0 aliphatic carbocycles. The van der Waals surface area contributed by atoms with E-state index in [4.69, 9.17) is 21.4 Å². The Balaban J connectivity index is 1.36. The summed E-state index contributed by atoms with van der Waals surface area (Å²) in [4.78, 5) is 27.3. The zero-order chi connectivity index (χ0) is 23.4. The van der Waals surface area contributed by atoms with Gasteiger partial charge in [-0.25, -0.2) is 9.67 Å². The molecule has 2 heterocycles. The molecular formula is C21H17N5O5S2. The van der Waals surface area contributed by atoms with Crippen molar-refractivity contribution in [1.82, 2.24) is 14.8 Å². The van der Waals surface area contributed by atoms with Crippen LogP contribution in [0, 0.1) is 21.9 Å². The van der Waals surface area contributed by atoms with Crippen LogP contribution in [-0.2, 0) is 17.9 Å². The second-order valence-corrected chi connectivity index (χ2v) is 8.12. The van der Waals surface area contributed by atoms with Gasteiger partial charge in [-0.05, 0) is 31.3 Å². The highest BCUT2D eigenvalue weighted by molar-refractivity contribution is 7.71. The molecule has 4 aromatic rings. The number of amides is 1. The molecule has 2 aromatic carbocycles. The smallest absolute Gasteiger partial charge is 0.287 e. The van der Waals surface area contributed by atoms with Gasteiger partial charge in [-0.2, -0.15) is 0 Å². The summed E-state index contributed by atoms with van der Waals surface area (Å²) < 4.78 is 12.3. The Morgan fingerprint density at radius 2 is 2.09 bits per heavy atom. The Bertz CT molecular complexity index is 1360. The molecule has 4 rings (SSSR count). The molecule has 1 N–H and O–H groups in total. The summed E-state index contributed by atoms with van der Waals surface area (Å²) in [5.74, 6) is 0.512. The zero-order valence-electron chi connectivity index (χ0n) is 17.3. The largest absolute Gasteiger partial charge is 0.484 e. The van der Waals surface area contributed by atoms with E-state index in [-0.39, 0.29) is 29.6 Å². The Morgan fingerprint density at radius 3 is 2.85 bits per heavy atom. The number of ether oxygens (including phenoxy) is 1. The average Bonchev–Trinajstić information content (AvgIpc) is 3.40. The lowest BCUT2D eigenvalue weighted by Crippen LogP contribution is -2.19. The van der Waals surface area contributed by atoms with Gasteiger partial charge in [0, 0.05) is 23.1 Å². The van der Waals surface area contributed by atoms with Gasteiger partial charge < -0.3 is 14.5 Å². The van der Waals surface area contributed by atoms with Crippen LogP contribution in [0.25, 0.3) is 11.3 Å². The lowest BCUT2D eigenvalue weighted by Gasteiger charge is -2.03. The van der Waals surface area contributed by atoms with E-state index in [0.717, 1.165) is 5.56 Å². The molecule has 0 saturated carbocycles. The first-order valence-corrected chi connectivity index (χ1v) is 10.9. The summed E-state index contributed by atoms with van der Waals surface area (Å²) in [6.07, 6.45) is 0. The van der Waals surface area contributed by atoms with Gasteiger partial charge in [0.05, 0.1) is 10.6 Å². The van der Waals surface area contributed by atoms with E-state index in [9.17, 15) is 14.9 Å². The number of nitrogens with zero attached hydrogens (tertiary/aromatic N) is 4. The minimum Gasteiger partial charge on any atom is -0.484 e. The first kappa shape index (κ1) is 22.3. The Hall–Kier alpha value is -3.90. The third-order valence-corrected chi connectivity index (χ3v) is 5.48.